The van der Waals surface area contributed by atoms with Gasteiger partial charge in [0.2, 0.25) is 5.91 Å². The first-order valence-corrected chi connectivity index (χ1v) is 6.02. The summed E-state index contributed by atoms with van der Waals surface area (Å²) in [5.41, 5.74) is 9.90. The van der Waals surface area contributed by atoms with Crippen LogP contribution < -0.4 is 17.0 Å². The number of rotatable bonds is 4. The molecule has 0 radical (unpaired) electrons. The van der Waals surface area contributed by atoms with Crippen molar-refractivity contribution in [1.82, 2.24) is 5.43 Å². The molecule has 1 aromatic rings. The van der Waals surface area contributed by atoms with Gasteiger partial charge in [-0.15, -0.1) is 11.8 Å². The standard InChI is InChI=1S/C11H17N3OS/c1-7-3-4-10(9(12)5-7)16-6-8(2)11(15)14-13/h3-5,8H,6,12-13H2,1-2H3,(H,14,15). The molecule has 0 bridgehead atoms. The van der Waals surface area contributed by atoms with E-state index in [0.29, 0.717) is 5.75 Å². The summed E-state index contributed by atoms with van der Waals surface area (Å²) in [6, 6.07) is 5.91. The minimum atomic E-state index is -0.154. The molecule has 0 saturated carbocycles. The third-order valence-electron chi connectivity index (χ3n) is 2.24. The molecule has 0 saturated heterocycles. The number of nitrogens with one attached hydrogen (secondary N) is 1. The number of carbonyl (C=O) groups is 1. The number of thioether (sulfide) groups is 1. The molecule has 5 N–H and O–H groups in total. The Kier molecular flexibility index (Phi) is 4.64. The molecule has 0 fully saturated rings. The van der Waals surface area contributed by atoms with Gasteiger partial charge in [-0.2, -0.15) is 0 Å². The van der Waals surface area contributed by atoms with Crippen molar-refractivity contribution in [3.63, 3.8) is 0 Å². The van der Waals surface area contributed by atoms with Gasteiger partial charge < -0.3 is 5.73 Å². The maximum atomic E-state index is 11.2. The molecule has 0 aliphatic heterocycles. The fraction of sp³-hybridized carbons (Fsp3) is 0.364. The second-order valence-electron chi connectivity index (χ2n) is 3.76. The van der Waals surface area contributed by atoms with Crippen LogP contribution >= 0.6 is 11.8 Å². The molecule has 1 atom stereocenters. The Balaban J connectivity index is 2.58. The molecule has 0 aliphatic carbocycles. The van der Waals surface area contributed by atoms with Crippen LogP contribution in [-0.4, -0.2) is 11.7 Å². The van der Waals surface area contributed by atoms with Crippen LogP contribution in [0.25, 0.3) is 0 Å². The largest absolute Gasteiger partial charge is 0.398 e. The fourth-order valence-electron chi connectivity index (χ4n) is 1.23. The number of hydrogen-bond acceptors (Lipinski definition) is 4. The number of hydrazine groups is 1. The average molecular weight is 239 g/mol. The van der Waals surface area contributed by atoms with Crippen LogP contribution in [0, 0.1) is 12.8 Å². The van der Waals surface area contributed by atoms with E-state index in [1.54, 1.807) is 11.8 Å². The van der Waals surface area contributed by atoms with Crippen LogP contribution in [-0.2, 0) is 4.79 Å². The summed E-state index contributed by atoms with van der Waals surface area (Å²) in [5.74, 6) is 5.44. The molecular weight excluding hydrogens is 222 g/mol. The molecule has 1 amide bonds. The van der Waals surface area contributed by atoms with Gasteiger partial charge >= 0.3 is 0 Å². The van der Waals surface area contributed by atoms with E-state index in [1.807, 2.05) is 32.0 Å². The first-order chi connectivity index (χ1) is 7.54. The van der Waals surface area contributed by atoms with Crippen LogP contribution in [0.1, 0.15) is 12.5 Å². The Labute approximate surface area is 99.7 Å². The highest BCUT2D eigenvalue weighted by molar-refractivity contribution is 7.99. The Morgan fingerprint density at radius 3 is 2.81 bits per heavy atom. The van der Waals surface area contributed by atoms with E-state index in [-0.39, 0.29) is 11.8 Å². The summed E-state index contributed by atoms with van der Waals surface area (Å²) >= 11 is 1.57. The molecule has 1 unspecified atom stereocenters. The zero-order valence-electron chi connectivity index (χ0n) is 9.49. The number of benzene rings is 1. The smallest absolute Gasteiger partial charge is 0.237 e. The fourth-order valence-corrected chi connectivity index (χ4v) is 2.20. The maximum Gasteiger partial charge on any atom is 0.237 e. The molecule has 5 heteroatoms. The van der Waals surface area contributed by atoms with Gasteiger partial charge in [0, 0.05) is 22.3 Å². The lowest BCUT2D eigenvalue weighted by molar-refractivity contribution is -0.123. The molecule has 1 aromatic carbocycles. The van der Waals surface area contributed by atoms with Crippen molar-refractivity contribution in [2.24, 2.45) is 11.8 Å². The lowest BCUT2D eigenvalue weighted by Gasteiger charge is -2.10. The Bertz CT molecular complexity index is 381. The predicted octanol–water partition coefficient (Wildman–Crippen LogP) is 1.30. The van der Waals surface area contributed by atoms with Crippen LogP contribution in [0.2, 0.25) is 0 Å². The minimum Gasteiger partial charge on any atom is -0.398 e. The van der Waals surface area contributed by atoms with Crippen LogP contribution in [0.3, 0.4) is 0 Å². The first kappa shape index (κ1) is 12.9. The van der Waals surface area contributed by atoms with Gasteiger partial charge in [0.25, 0.3) is 0 Å². The van der Waals surface area contributed by atoms with Gasteiger partial charge in [-0.25, -0.2) is 5.84 Å². The summed E-state index contributed by atoms with van der Waals surface area (Å²) in [4.78, 5) is 12.2. The highest BCUT2D eigenvalue weighted by atomic mass is 32.2. The van der Waals surface area contributed by atoms with E-state index in [9.17, 15) is 4.79 Å². The molecule has 0 heterocycles. The summed E-state index contributed by atoms with van der Waals surface area (Å²) < 4.78 is 0. The number of anilines is 1. The van der Waals surface area contributed by atoms with E-state index in [0.717, 1.165) is 16.1 Å². The van der Waals surface area contributed by atoms with E-state index in [1.165, 1.54) is 0 Å². The summed E-state index contributed by atoms with van der Waals surface area (Å²) in [6.07, 6.45) is 0. The number of nitrogen functional groups attached to an aromatic ring is 1. The molecule has 4 nitrogen and oxygen atoms in total. The van der Waals surface area contributed by atoms with Crippen molar-refractivity contribution < 1.29 is 4.79 Å². The van der Waals surface area contributed by atoms with Gasteiger partial charge in [0.05, 0.1) is 0 Å². The molecule has 0 spiro atoms. The van der Waals surface area contributed by atoms with Gasteiger partial charge in [0.1, 0.15) is 0 Å². The van der Waals surface area contributed by atoms with E-state index >= 15 is 0 Å². The highest BCUT2D eigenvalue weighted by Crippen LogP contribution is 2.27. The van der Waals surface area contributed by atoms with Crippen molar-refractivity contribution in [1.29, 1.82) is 0 Å². The minimum absolute atomic E-state index is 0.129. The zero-order chi connectivity index (χ0) is 12.1. The zero-order valence-corrected chi connectivity index (χ0v) is 10.3. The number of amides is 1. The SMILES string of the molecule is Cc1ccc(SCC(C)C(=O)NN)c(N)c1. The van der Waals surface area contributed by atoms with Crippen molar-refractivity contribution in [2.45, 2.75) is 18.7 Å². The summed E-state index contributed by atoms with van der Waals surface area (Å²) in [6.45, 7) is 3.83. The van der Waals surface area contributed by atoms with E-state index in [2.05, 4.69) is 5.43 Å². The van der Waals surface area contributed by atoms with Crippen molar-refractivity contribution >= 4 is 23.4 Å². The van der Waals surface area contributed by atoms with Gasteiger partial charge in [-0.1, -0.05) is 13.0 Å². The predicted molar refractivity (Wildman–Crippen MR) is 67.8 cm³/mol. The molecule has 16 heavy (non-hydrogen) atoms. The lowest BCUT2D eigenvalue weighted by atomic mass is 10.2. The topological polar surface area (TPSA) is 81.1 Å². The van der Waals surface area contributed by atoms with Crippen LogP contribution in [0.15, 0.2) is 23.1 Å². The Morgan fingerprint density at radius 1 is 1.56 bits per heavy atom. The molecule has 0 aromatic heterocycles. The second-order valence-corrected chi connectivity index (χ2v) is 4.82. The third-order valence-corrected chi connectivity index (χ3v) is 3.59. The summed E-state index contributed by atoms with van der Waals surface area (Å²) in [5, 5.41) is 0. The van der Waals surface area contributed by atoms with Crippen molar-refractivity contribution in [2.75, 3.05) is 11.5 Å². The number of aryl methyl sites for hydroxylation is 1. The maximum absolute atomic E-state index is 11.2. The number of hydrogen-bond donors (Lipinski definition) is 3. The van der Waals surface area contributed by atoms with Gasteiger partial charge in [-0.3, -0.25) is 10.2 Å². The van der Waals surface area contributed by atoms with Crippen LogP contribution in [0.5, 0.6) is 0 Å². The molecule has 88 valence electrons. The quantitative estimate of drug-likeness (QED) is 0.243. The van der Waals surface area contributed by atoms with E-state index in [4.69, 9.17) is 11.6 Å². The van der Waals surface area contributed by atoms with Gasteiger partial charge in [-0.05, 0) is 24.6 Å². The molecule has 0 aliphatic rings. The molecule has 1 rings (SSSR count). The molecular formula is C11H17N3OS. The summed E-state index contributed by atoms with van der Waals surface area (Å²) in [7, 11) is 0. The monoisotopic (exact) mass is 239 g/mol. The van der Waals surface area contributed by atoms with Gasteiger partial charge in [0.15, 0.2) is 0 Å². The van der Waals surface area contributed by atoms with Crippen LogP contribution in [0.4, 0.5) is 5.69 Å². The average Bonchev–Trinajstić information content (AvgIpc) is 2.26. The van der Waals surface area contributed by atoms with Crippen molar-refractivity contribution in [3.05, 3.63) is 23.8 Å². The number of nitrogens with two attached hydrogens (primary N) is 2. The number of carbonyl (C=O) groups excluding carboxylic acids is 1. The van der Waals surface area contributed by atoms with Crippen molar-refractivity contribution in [3.8, 4) is 0 Å². The first-order valence-electron chi connectivity index (χ1n) is 5.04. The Hall–Kier alpha value is -1.20. The highest BCUT2D eigenvalue weighted by Gasteiger charge is 2.12. The van der Waals surface area contributed by atoms with E-state index < -0.39 is 0 Å². The Morgan fingerprint density at radius 2 is 2.25 bits per heavy atom. The lowest BCUT2D eigenvalue weighted by Crippen LogP contribution is -2.35. The second kappa shape index (κ2) is 5.77. The third kappa shape index (κ3) is 3.43. The normalized spacial score (nSPS) is 12.2.